The zero-order valence-electron chi connectivity index (χ0n) is 54.5. The molecule has 16 rings (SSSR count). The van der Waals surface area contributed by atoms with E-state index in [0.717, 1.165) is 95.3 Å². The Morgan fingerprint density at radius 3 is 1.01 bits per heavy atom. The first kappa shape index (κ1) is 67.3. The molecule has 99 heavy (non-hydrogen) atoms. The molecular formula is C83H67BrCl3N9O3. The summed E-state index contributed by atoms with van der Waals surface area (Å²) in [6.45, 7) is 5.50. The summed E-state index contributed by atoms with van der Waals surface area (Å²) in [6, 6.07) is 82.6. The Balaban J connectivity index is 0.000000123. The summed E-state index contributed by atoms with van der Waals surface area (Å²) in [7, 11) is 0. The van der Waals surface area contributed by atoms with Crippen molar-refractivity contribution in [2.45, 2.75) is 65.2 Å². The van der Waals surface area contributed by atoms with Crippen molar-refractivity contribution >= 4 is 137 Å². The summed E-state index contributed by atoms with van der Waals surface area (Å²) in [5, 5.41) is 29.5. The van der Waals surface area contributed by atoms with Gasteiger partial charge in [-0.05, 0) is 170 Å². The van der Waals surface area contributed by atoms with Crippen LogP contribution in [0, 0.1) is 0 Å². The number of phenols is 1. The maximum Gasteiger partial charge on any atom is 0.321 e. The highest BCUT2D eigenvalue weighted by molar-refractivity contribution is 9.10. The molecule has 16 aromatic rings. The normalized spacial score (nSPS) is 11.2. The number of hydrogen-bond acceptors (Lipinski definition) is 12. The smallest absolute Gasteiger partial charge is 0.321 e. The van der Waals surface area contributed by atoms with E-state index in [1.54, 1.807) is 18.2 Å². The standard InChI is InChI=1S/C29H27N3O2.C23H22ClN3O.C17H9Cl2N3.C14H9Br/c1-2-3-4-11-18-34-29-31-27(24-16-9-10-17-26(24)33)30-28(32-29)25-19-20-12-5-6-13-21(20)22-14-7-8-15-23(22)25;1-2-3-4-9-14-28-23-26-21(25-22(24)27-23)20-15-16-10-5-6-11-17(16)18-12-7-8-13-19(18)20;18-16-20-15(21-17(19)22-16)14-9-10-5-1-2-6-11(10)12-7-3-4-8-13(12)14;15-14-9-10-5-1-2-6-11(10)12-7-3-4-8-13(12)14/h5-10,12-17,19,33H,2-4,11,18H2,1H3;5-8,10-13,15H,2-4,9,14H2,1H3;1-9H;1-9H. The van der Waals surface area contributed by atoms with Crippen molar-refractivity contribution in [3.05, 3.63) is 263 Å². The predicted molar refractivity (Wildman–Crippen MR) is 411 cm³/mol. The summed E-state index contributed by atoms with van der Waals surface area (Å²) < 4.78 is 12.9. The lowest BCUT2D eigenvalue weighted by Crippen LogP contribution is -2.05. The van der Waals surface area contributed by atoms with Gasteiger partial charge in [0, 0.05) is 21.2 Å². The molecule has 0 atom stereocenters. The average Bonchev–Trinajstić information content (AvgIpc) is 0.780. The van der Waals surface area contributed by atoms with Gasteiger partial charge in [-0.1, -0.05) is 275 Å². The number of phenolic OH excluding ortho intramolecular Hbond substituents is 1. The van der Waals surface area contributed by atoms with Gasteiger partial charge in [-0.15, -0.1) is 0 Å². The summed E-state index contributed by atoms with van der Waals surface area (Å²) >= 11 is 21.7. The largest absolute Gasteiger partial charge is 0.507 e. The van der Waals surface area contributed by atoms with Gasteiger partial charge in [0.1, 0.15) is 5.75 Å². The van der Waals surface area contributed by atoms with Crippen LogP contribution < -0.4 is 9.47 Å². The molecule has 1 N–H and O–H groups in total. The van der Waals surface area contributed by atoms with Crippen LogP contribution >= 0.6 is 50.7 Å². The molecule has 0 saturated heterocycles. The molecule has 0 aliphatic rings. The number of rotatable bonds is 16. The molecule has 490 valence electrons. The Kier molecular flexibility index (Phi) is 21.7. The fourth-order valence-electron chi connectivity index (χ4n) is 12.4. The van der Waals surface area contributed by atoms with Crippen LogP contribution in [0.2, 0.25) is 15.9 Å². The molecule has 0 aliphatic carbocycles. The number of halogens is 4. The molecule has 0 radical (unpaired) electrons. The maximum absolute atomic E-state index is 10.5. The molecule has 13 aromatic carbocycles. The van der Waals surface area contributed by atoms with Crippen LogP contribution in [0.4, 0.5) is 0 Å². The number of fused-ring (bicyclic) bond motifs is 12. The van der Waals surface area contributed by atoms with Crippen molar-refractivity contribution in [1.29, 1.82) is 0 Å². The number of aromatic hydroxyl groups is 1. The van der Waals surface area contributed by atoms with Crippen molar-refractivity contribution in [1.82, 2.24) is 44.9 Å². The van der Waals surface area contributed by atoms with Crippen molar-refractivity contribution in [2.24, 2.45) is 0 Å². The number of aromatic nitrogens is 9. The van der Waals surface area contributed by atoms with Crippen LogP contribution in [-0.2, 0) is 0 Å². The quantitative estimate of drug-likeness (QED) is 0.0723. The Labute approximate surface area is 596 Å². The molecule has 3 heterocycles. The lowest BCUT2D eigenvalue weighted by atomic mass is 9.97. The second-order valence-corrected chi connectivity index (χ2v) is 25.6. The summed E-state index contributed by atoms with van der Waals surface area (Å²) in [5.41, 5.74) is 3.27. The Morgan fingerprint density at radius 1 is 0.293 bits per heavy atom. The maximum atomic E-state index is 10.5. The monoisotopic (exact) mass is 1420 g/mol. The Morgan fingerprint density at radius 2 is 0.596 bits per heavy atom. The van der Waals surface area contributed by atoms with Crippen LogP contribution in [0.15, 0.2) is 247 Å². The molecule has 16 heteroatoms. The number of ether oxygens (including phenoxy) is 2. The molecular weight excluding hydrogens is 1360 g/mol. The molecule has 0 spiro atoms. The van der Waals surface area contributed by atoms with E-state index in [2.05, 4.69) is 216 Å². The minimum Gasteiger partial charge on any atom is -0.507 e. The SMILES string of the molecule is Brc1cc2ccccc2c2ccccc12.CCCCCCOc1nc(-c2ccccc2O)nc(-c2cc3ccccc3c3ccccc23)n1.CCCCCCOc1nc(Cl)nc(-c2cc3ccccc3c3ccccc23)n1.Clc1nc(Cl)nc(-c2cc3ccccc3c3ccccc23)n1. The van der Waals surface area contributed by atoms with Gasteiger partial charge in [-0.2, -0.15) is 39.9 Å². The summed E-state index contributed by atoms with van der Waals surface area (Å²) in [5.74, 6) is 2.05. The topological polar surface area (TPSA) is 155 Å². The van der Waals surface area contributed by atoms with Crippen LogP contribution in [-0.4, -0.2) is 63.2 Å². The zero-order valence-corrected chi connectivity index (χ0v) is 58.3. The molecule has 0 aliphatic heterocycles. The van der Waals surface area contributed by atoms with Crippen molar-refractivity contribution in [2.75, 3.05) is 13.2 Å². The summed E-state index contributed by atoms with van der Waals surface area (Å²) in [6.07, 6.45) is 8.91. The second kappa shape index (κ2) is 31.9. The highest BCUT2D eigenvalue weighted by Gasteiger charge is 2.19. The molecule has 3 aromatic heterocycles. The Bertz CT molecular complexity index is 5550. The molecule has 0 bridgehead atoms. The van der Waals surface area contributed by atoms with E-state index in [4.69, 9.17) is 54.2 Å². The van der Waals surface area contributed by atoms with Crippen LogP contribution in [0.25, 0.3) is 132 Å². The van der Waals surface area contributed by atoms with Gasteiger partial charge in [0.2, 0.25) is 15.9 Å². The fraction of sp³-hybridized carbons (Fsp3) is 0.145. The first-order valence-electron chi connectivity index (χ1n) is 33.2. The first-order chi connectivity index (χ1) is 48.6. The zero-order chi connectivity index (χ0) is 68.0. The average molecular weight is 1420 g/mol. The first-order valence-corrected chi connectivity index (χ1v) is 35.1. The number of para-hydroxylation sites is 1. The van der Waals surface area contributed by atoms with E-state index in [0.29, 0.717) is 42.1 Å². The molecule has 0 unspecified atom stereocenters. The highest BCUT2D eigenvalue weighted by Crippen LogP contribution is 2.39. The third-order valence-corrected chi connectivity index (χ3v) is 18.3. The van der Waals surface area contributed by atoms with Gasteiger partial charge >= 0.3 is 12.0 Å². The number of unbranched alkanes of at least 4 members (excludes halogenated alkanes) is 6. The van der Waals surface area contributed by atoms with Crippen LogP contribution in [0.5, 0.6) is 17.8 Å². The number of hydrogen-bond donors (Lipinski definition) is 1. The van der Waals surface area contributed by atoms with Gasteiger partial charge in [0.05, 0.1) is 18.8 Å². The highest BCUT2D eigenvalue weighted by atomic mass is 79.9. The van der Waals surface area contributed by atoms with Crippen molar-refractivity contribution in [3.8, 4) is 63.3 Å². The van der Waals surface area contributed by atoms with E-state index in [1.165, 1.54) is 63.4 Å². The van der Waals surface area contributed by atoms with Gasteiger partial charge in [0.25, 0.3) is 0 Å². The van der Waals surface area contributed by atoms with E-state index in [1.807, 2.05) is 72.8 Å². The predicted octanol–water partition coefficient (Wildman–Crippen LogP) is 23.5. The van der Waals surface area contributed by atoms with E-state index in [-0.39, 0.29) is 33.6 Å². The van der Waals surface area contributed by atoms with Crippen LogP contribution in [0.3, 0.4) is 0 Å². The number of nitrogens with zero attached hydrogens (tertiary/aromatic N) is 9. The van der Waals surface area contributed by atoms with Gasteiger partial charge in [-0.3, -0.25) is 0 Å². The van der Waals surface area contributed by atoms with E-state index < -0.39 is 0 Å². The van der Waals surface area contributed by atoms with Gasteiger partial charge in [-0.25, -0.2) is 4.98 Å². The van der Waals surface area contributed by atoms with Crippen LogP contribution in [0.1, 0.15) is 65.2 Å². The third-order valence-electron chi connectivity index (χ3n) is 17.1. The molecule has 12 nitrogen and oxygen atoms in total. The molecule has 0 amide bonds. The van der Waals surface area contributed by atoms with Crippen molar-refractivity contribution in [3.63, 3.8) is 0 Å². The lowest BCUT2D eigenvalue weighted by molar-refractivity contribution is 0.281. The second-order valence-electron chi connectivity index (χ2n) is 23.7. The minimum absolute atomic E-state index is 0.0900. The summed E-state index contributed by atoms with van der Waals surface area (Å²) in [4.78, 5) is 39.4. The van der Waals surface area contributed by atoms with Crippen molar-refractivity contribution < 1.29 is 14.6 Å². The van der Waals surface area contributed by atoms with Gasteiger partial charge < -0.3 is 14.6 Å². The minimum atomic E-state index is 0.0900. The third kappa shape index (κ3) is 15.7. The fourth-order valence-corrected chi connectivity index (χ4v) is 13.5. The Hall–Kier alpha value is -10.3. The molecule has 0 saturated carbocycles. The lowest BCUT2D eigenvalue weighted by Gasteiger charge is -2.13. The van der Waals surface area contributed by atoms with E-state index in [9.17, 15) is 5.11 Å². The molecule has 0 fully saturated rings. The number of benzene rings is 13. The van der Waals surface area contributed by atoms with E-state index >= 15 is 0 Å². The van der Waals surface area contributed by atoms with Gasteiger partial charge in [0.15, 0.2) is 23.3 Å².